The van der Waals surface area contributed by atoms with Crippen molar-refractivity contribution in [3.8, 4) is 0 Å². The first-order chi connectivity index (χ1) is 11.1. The number of fused-ring (bicyclic) bond motifs is 2. The van der Waals surface area contributed by atoms with Gasteiger partial charge in [-0.3, -0.25) is 19.6 Å². The molecule has 1 aromatic heterocycles. The second kappa shape index (κ2) is 4.99. The SMILES string of the molecule is O=C(c1cccc2nccnc12)N1C[C@@H]2CNC[C@]2(C(=O)O)C1. The maximum absolute atomic E-state index is 12.9. The van der Waals surface area contributed by atoms with E-state index >= 15 is 0 Å². The van der Waals surface area contributed by atoms with Gasteiger partial charge in [0.25, 0.3) is 5.91 Å². The molecule has 2 saturated heterocycles. The summed E-state index contributed by atoms with van der Waals surface area (Å²) in [6.45, 7) is 1.72. The molecule has 2 aliphatic heterocycles. The first-order valence-electron chi connectivity index (χ1n) is 7.55. The second-order valence-corrected chi connectivity index (χ2v) is 6.20. The lowest BCUT2D eigenvalue weighted by atomic mass is 9.81. The van der Waals surface area contributed by atoms with E-state index < -0.39 is 11.4 Å². The first kappa shape index (κ1) is 14.1. The minimum atomic E-state index is -0.869. The molecule has 1 amide bonds. The molecule has 7 heteroatoms. The number of carboxylic acids is 1. The Hall–Kier alpha value is -2.54. The van der Waals surface area contributed by atoms with Crippen LogP contribution in [0.5, 0.6) is 0 Å². The van der Waals surface area contributed by atoms with Crippen molar-refractivity contribution in [3.63, 3.8) is 0 Å². The third-order valence-electron chi connectivity index (χ3n) is 4.97. The van der Waals surface area contributed by atoms with Crippen LogP contribution in [0.25, 0.3) is 11.0 Å². The Kier molecular flexibility index (Phi) is 3.05. The van der Waals surface area contributed by atoms with Crippen LogP contribution >= 0.6 is 0 Å². The van der Waals surface area contributed by atoms with E-state index in [1.807, 2.05) is 0 Å². The highest BCUT2D eigenvalue weighted by molar-refractivity contribution is 6.05. The molecule has 0 aliphatic carbocycles. The predicted octanol–water partition coefficient (Wildman–Crippen LogP) is 0.376. The van der Waals surface area contributed by atoms with Gasteiger partial charge in [-0.15, -0.1) is 0 Å². The van der Waals surface area contributed by atoms with Gasteiger partial charge in [-0.2, -0.15) is 0 Å². The molecular weight excluding hydrogens is 296 g/mol. The van der Waals surface area contributed by atoms with Gasteiger partial charge in [0.15, 0.2) is 0 Å². The third kappa shape index (κ3) is 2.00. The number of amides is 1. The van der Waals surface area contributed by atoms with Crippen molar-refractivity contribution in [1.82, 2.24) is 20.2 Å². The van der Waals surface area contributed by atoms with E-state index in [4.69, 9.17) is 0 Å². The average molecular weight is 312 g/mol. The van der Waals surface area contributed by atoms with E-state index in [1.54, 1.807) is 35.5 Å². The van der Waals surface area contributed by atoms with E-state index in [2.05, 4.69) is 15.3 Å². The fourth-order valence-corrected chi connectivity index (χ4v) is 3.71. The summed E-state index contributed by atoms with van der Waals surface area (Å²) in [6, 6.07) is 5.30. The van der Waals surface area contributed by atoms with E-state index in [0.29, 0.717) is 36.2 Å². The molecule has 0 radical (unpaired) electrons. The first-order valence-corrected chi connectivity index (χ1v) is 7.55. The average Bonchev–Trinajstić information content (AvgIpc) is 3.12. The number of aliphatic carboxylic acids is 1. The highest BCUT2D eigenvalue weighted by atomic mass is 16.4. The Morgan fingerprint density at radius 3 is 2.91 bits per heavy atom. The minimum Gasteiger partial charge on any atom is -0.481 e. The molecule has 4 rings (SSSR count). The Balaban J connectivity index is 1.69. The van der Waals surface area contributed by atoms with Gasteiger partial charge < -0.3 is 15.3 Å². The highest BCUT2D eigenvalue weighted by Gasteiger charge is 2.56. The van der Waals surface area contributed by atoms with Crippen LogP contribution in [0.4, 0.5) is 0 Å². The van der Waals surface area contributed by atoms with Crippen molar-refractivity contribution >= 4 is 22.9 Å². The number of hydrogen-bond donors (Lipinski definition) is 2. The number of hydrogen-bond acceptors (Lipinski definition) is 5. The summed E-state index contributed by atoms with van der Waals surface area (Å²) in [7, 11) is 0. The van der Waals surface area contributed by atoms with E-state index in [9.17, 15) is 14.7 Å². The Labute approximate surface area is 132 Å². The number of likely N-dealkylation sites (tertiary alicyclic amines) is 1. The summed E-state index contributed by atoms with van der Waals surface area (Å²) < 4.78 is 0. The van der Waals surface area contributed by atoms with Crippen molar-refractivity contribution in [2.24, 2.45) is 11.3 Å². The fraction of sp³-hybridized carbons (Fsp3) is 0.375. The molecular formula is C16H16N4O3. The molecule has 2 N–H and O–H groups in total. The van der Waals surface area contributed by atoms with Gasteiger partial charge in [-0.25, -0.2) is 0 Å². The number of benzene rings is 1. The lowest BCUT2D eigenvalue weighted by molar-refractivity contribution is -0.148. The van der Waals surface area contributed by atoms with Crippen molar-refractivity contribution in [2.45, 2.75) is 0 Å². The Morgan fingerprint density at radius 2 is 2.13 bits per heavy atom. The van der Waals surface area contributed by atoms with Crippen LogP contribution in [0.3, 0.4) is 0 Å². The molecule has 7 nitrogen and oxygen atoms in total. The number of para-hydroxylation sites is 1. The summed E-state index contributed by atoms with van der Waals surface area (Å²) in [4.78, 5) is 34.7. The third-order valence-corrected chi connectivity index (χ3v) is 4.97. The quantitative estimate of drug-likeness (QED) is 0.832. The molecule has 2 fully saturated rings. The molecule has 2 atom stereocenters. The van der Waals surface area contributed by atoms with Crippen LogP contribution in [-0.4, -0.2) is 58.0 Å². The van der Waals surface area contributed by atoms with Crippen LogP contribution in [0.15, 0.2) is 30.6 Å². The van der Waals surface area contributed by atoms with Gasteiger partial charge in [0.05, 0.1) is 11.1 Å². The van der Waals surface area contributed by atoms with Gasteiger partial charge in [0.2, 0.25) is 0 Å². The summed E-state index contributed by atoms with van der Waals surface area (Å²) in [5, 5.41) is 12.7. The van der Waals surface area contributed by atoms with Crippen molar-refractivity contribution in [1.29, 1.82) is 0 Å². The van der Waals surface area contributed by atoms with Crippen molar-refractivity contribution < 1.29 is 14.7 Å². The smallest absolute Gasteiger partial charge is 0.313 e. The van der Waals surface area contributed by atoms with Gasteiger partial charge in [-0.1, -0.05) is 6.07 Å². The molecule has 1 aromatic carbocycles. The molecule has 0 spiro atoms. The Morgan fingerprint density at radius 1 is 1.30 bits per heavy atom. The fourth-order valence-electron chi connectivity index (χ4n) is 3.71. The van der Waals surface area contributed by atoms with Crippen LogP contribution in [0, 0.1) is 11.3 Å². The largest absolute Gasteiger partial charge is 0.481 e. The summed E-state index contributed by atoms with van der Waals surface area (Å²) >= 11 is 0. The van der Waals surface area contributed by atoms with Gasteiger partial charge in [-0.05, 0) is 12.1 Å². The standard InChI is InChI=1S/C16H16N4O3/c21-14(11-2-1-3-12-13(11)19-5-4-18-12)20-7-10-6-17-8-16(10,9-20)15(22)23/h1-5,10,17H,6-9H2,(H,22,23)/t10-,16-/m0/s1. The van der Waals surface area contributed by atoms with Gasteiger partial charge in [0.1, 0.15) is 10.9 Å². The zero-order valence-electron chi connectivity index (χ0n) is 12.4. The molecule has 2 aromatic rings. The number of carbonyl (C=O) groups excluding carboxylic acids is 1. The van der Waals surface area contributed by atoms with E-state index in [0.717, 1.165) is 0 Å². The highest BCUT2D eigenvalue weighted by Crippen LogP contribution is 2.39. The molecule has 3 heterocycles. The molecule has 23 heavy (non-hydrogen) atoms. The summed E-state index contributed by atoms with van der Waals surface area (Å²) in [5.74, 6) is -1.06. The maximum Gasteiger partial charge on any atom is 0.313 e. The van der Waals surface area contributed by atoms with E-state index in [1.165, 1.54) is 0 Å². The number of nitrogens with zero attached hydrogens (tertiary/aromatic N) is 3. The maximum atomic E-state index is 12.9. The molecule has 2 aliphatic rings. The lowest BCUT2D eigenvalue weighted by Gasteiger charge is -2.22. The Bertz CT molecular complexity index is 804. The van der Waals surface area contributed by atoms with Crippen LogP contribution < -0.4 is 5.32 Å². The van der Waals surface area contributed by atoms with Crippen molar-refractivity contribution in [3.05, 3.63) is 36.2 Å². The van der Waals surface area contributed by atoms with Gasteiger partial charge >= 0.3 is 5.97 Å². The summed E-state index contributed by atoms with van der Waals surface area (Å²) in [5.41, 5.74) is 0.822. The number of carbonyl (C=O) groups is 2. The minimum absolute atomic E-state index is 0.0509. The van der Waals surface area contributed by atoms with Crippen LogP contribution in [0.2, 0.25) is 0 Å². The zero-order chi connectivity index (χ0) is 16.0. The zero-order valence-corrected chi connectivity index (χ0v) is 12.4. The normalized spacial score (nSPS) is 26.4. The van der Waals surface area contributed by atoms with Crippen LogP contribution in [0.1, 0.15) is 10.4 Å². The van der Waals surface area contributed by atoms with Crippen LogP contribution in [-0.2, 0) is 4.79 Å². The van der Waals surface area contributed by atoms with Crippen molar-refractivity contribution in [2.75, 3.05) is 26.2 Å². The topological polar surface area (TPSA) is 95.4 Å². The number of nitrogens with one attached hydrogen (secondary N) is 1. The molecule has 118 valence electrons. The second-order valence-electron chi connectivity index (χ2n) is 6.20. The number of rotatable bonds is 2. The lowest BCUT2D eigenvalue weighted by Crippen LogP contribution is -2.41. The van der Waals surface area contributed by atoms with E-state index in [-0.39, 0.29) is 18.4 Å². The molecule has 0 bridgehead atoms. The monoisotopic (exact) mass is 312 g/mol. The van der Waals surface area contributed by atoms with Gasteiger partial charge in [0, 0.05) is 44.5 Å². The number of carboxylic acid groups (broad SMARTS) is 1. The number of aromatic nitrogens is 2. The summed E-state index contributed by atoms with van der Waals surface area (Å²) in [6.07, 6.45) is 3.14. The molecule has 0 saturated carbocycles. The molecule has 0 unspecified atom stereocenters. The predicted molar refractivity (Wildman–Crippen MR) is 81.9 cm³/mol.